The quantitative estimate of drug-likeness (QED) is 0.770. The van der Waals surface area contributed by atoms with Crippen LogP contribution in [0.4, 0.5) is 0 Å². The van der Waals surface area contributed by atoms with E-state index in [1.54, 1.807) is 0 Å². The van der Waals surface area contributed by atoms with E-state index < -0.39 is 0 Å². The summed E-state index contributed by atoms with van der Waals surface area (Å²) >= 11 is 0. The van der Waals surface area contributed by atoms with Gasteiger partial charge in [0.25, 0.3) is 5.91 Å². The molecule has 0 atom stereocenters. The number of nitrogens with one attached hydrogen (secondary N) is 1. The zero-order chi connectivity index (χ0) is 18.8. The minimum atomic E-state index is 0.151. The van der Waals surface area contributed by atoms with E-state index in [4.69, 9.17) is 0 Å². The minimum absolute atomic E-state index is 0.151. The number of carbonyl (C=O) groups excluding carboxylic acids is 1. The summed E-state index contributed by atoms with van der Waals surface area (Å²) in [5.41, 5.74) is 5.41. The summed E-state index contributed by atoms with van der Waals surface area (Å²) in [6, 6.07) is 14.5. The van der Waals surface area contributed by atoms with Crippen molar-refractivity contribution in [3.63, 3.8) is 0 Å². The third kappa shape index (κ3) is 3.68. The minimum Gasteiger partial charge on any atom is -0.354 e. The number of amides is 1. The molecule has 0 spiro atoms. The van der Waals surface area contributed by atoms with E-state index in [2.05, 4.69) is 40.5 Å². The van der Waals surface area contributed by atoms with E-state index in [0.29, 0.717) is 5.92 Å². The summed E-state index contributed by atoms with van der Waals surface area (Å²) in [6.07, 6.45) is 4.76. The molecule has 1 aromatic carbocycles. The number of nitrogens with zero attached hydrogens (tertiary/aromatic N) is 3. The Morgan fingerprint density at radius 3 is 2.59 bits per heavy atom. The van der Waals surface area contributed by atoms with Crippen molar-refractivity contribution in [2.75, 3.05) is 13.1 Å². The Morgan fingerprint density at radius 1 is 1.19 bits per heavy atom. The molecule has 1 N–H and O–H groups in total. The highest BCUT2D eigenvalue weighted by Crippen LogP contribution is 2.28. The summed E-state index contributed by atoms with van der Waals surface area (Å²) in [6.45, 7) is 3.58. The van der Waals surface area contributed by atoms with Crippen molar-refractivity contribution >= 4 is 5.91 Å². The van der Waals surface area contributed by atoms with Gasteiger partial charge >= 0.3 is 0 Å². The number of benzene rings is 1. The van der Waals surface area contributed by atoms with Crippen molar-refractivity contribution in [2.45, 2.75) is 32.1 Å². The first-order chi connectivity index (χ1) is 13.1. The van der Waals surface area contributed by atoms with Gasteiger partial charge < -0.3 is 9.47 Å². The predicted molar refractivity (Wildman–Crippen MR) is 106 cm³/mol. The lowest BCUT2D eigenvalue weighted by molar-refractivity contribution is 0.0711. The summed E-state index contributed by atoms with van der Waals surface area (Å²) < 4.78 is 2.00. The molecule has 5 heteroatoms. The van der Waals surface area contributed by atoms with Crippen LogP contribution in [-0.4, -0.2) is 38.7 Å². The van der Waals surface area contributed by atoms with Crippen LogP contribution in [0, 0.1) is 6.92 Å². The molecule has 3 aromatic rings. The average molecular weight is 362 g/mol. The Hall–Kier alpha value is -2.82. The molecule has 3 heterocycles. The summed E-state index contributed by atoms with van der Waals surface area (Å²) in [5.74, 6) is 0.574. The molecule has 0 saturated carbocycles. The van der Waals surface area contributed by atoms with Gasteiger partial charge in [0.2, 0.25) is 0 Å². The molecular weight excluding hydrogens is 336 g/mol. The Bertz CT molecular complexity index is 917. The van der Waals surface area contributed by atoms with Crippen molar-refractivity contribution in [1.82, 2.24) is 19.7 Å². The first kappa shape index (κ1) is 17.6. The highest BCUT2D eigenvalue weighted by molar-refractivity contribution is 5.95. The van der Waals surface area contributed by atoms with Gasteiger partial charge in [-0.05, 0) is 37.5 Å². The smallest absolute Gasteiger partial charge is 0.255 e. The average Bonchev–Trinajstić information content (AvgIpc) is 3.29. The number of hydrogen-bond donors (Lipinski definition) is 1. The number of hydrogen-bond acceptors (Lipinski definition) is 2. The number of aryl methyl sites for hydroxylation is 1. The van der Waals surface area contributed by atoms with Crippen LogP contribution in [0.15, 0.2) is 48.7 Å². The van der Waals surface area contributed by atoms with Crippen LogP contribution in [0.5, 0.6) is 0 Å². The Morgan fingerprint density at radius 2 is 1.93 bits per heavy atom. The maximum atomic E-state index is 12.8. The largest absolute Gasteiger partial charge is 0.354 e. The first-order valence-corrected chi connectivity index (χ1v) is 9.61. The van der Waals surface area contributed by atoms with Gasteiger partial charge in [0.1, 0.15) is 0 Å². The molecule has 140 valence electrons. The van der Waals surface area contributed by atoms with E-state index in [1.807, 2.05) is 41.8 Å². The molecule has 1 fully saturated rings. The molecule has 0 aliphatic carbocycles. The SMILES string of the molecule is Cc1c(C(=O)N2CCC(c3cc(Cc4ccccc4)[nH]n3)CC2)ccn1C. The number of carbonyl (C=O) groups is 1. The number of aromatic nitrogens is 3. The lowest BCUT2D eigenvalue weighted by Gasteiger charge is -2.31. The van der Waals surface area contributed by atoms with Crippen molar-refractivity contribution in [3.05, 3.63) is 76.9 Å². The van der Waals surface area contributed by atoms with E-state index in [-0.39, 0.29) is 5.91 Å². The zero-order valence-corrected chi connectivity index (χ0v) is 16.0. The molecule has 27 heavy (non-hydrogen) atoms. The monoisotopic (exact) mass is 362 g/mol. The molecule has 0 unspecified atom stereocenters. The second-order valence-electron chi connectivity index (χ2n) is 7.47. The van der Waals surface area contributed by atoms with Gasteiger partial charge in [-0.3, -0.25) is 9.89 Å². The van der Waals surface area contributed by atoms with Crippen molar-refractivity contribution in [3.8, 4) is 0 Å². The van der Waals surface area contributed by atoms with Crippen LogP contribution in [0.3, 0.4) is 0 Å². The van der Waals surface area contributed by atoms with Crippen molar-refractivity contribution < 1.29 is 4.79 Å². The van der Waals surface area contributed by atoms with Gasteiger partial charge in [0.05, 0.1) is 11.3 Å². The van der Waals surface area contributed by atoms with Gasteiger partial charge in [-0.15, -0.1) is 0 Å². The van der Waals surface area contributed by atoms with E-state index in [9.17, 15) is 4.79 Å². The number of rotatable bonds is 4. The Labute approximate surface area is 160 Å². The predicted octanol–water partition coefficient (Wildman–Crippen LogP) is 3.67. The molecule has 4 rings (SSSR count). The fourth-order valence-corrected chi connectivity index (χ4v) is 3.88. The zero-order valence-electron chi connectivity index (χ0n) is 16.0. The number of piperidine rings is 1. The standard InChI is InChI=1S/C22H26N4O/c1-16-20(10-11-25(16)2)22(27)26-12-8-18(9-13-26)21-15-19(23-24-21)14-17-6-4-3-5-7-17/h3-7,10-11,15,18H,8-9,12-14H2,1-2H3,(H,23,24). The summed E-state index contributed by atoms with van der Waals surface area (Å²) in [7, 11) is 1.98. The first-order valence-electron chi connectivity index (χ1n) is 9.61. The highest BCUT2D eigenvalue weighted by atomic mass is 16.2. The van der Waals surface area contributed by atoms with Gasteiger partial charge in [-0.1, -0.05) is 30.3 Å². The summed E-state index contributed by atoms with van der Waals surface area (Å²) in [5, 5.41) is 7.74. The molecule has 1 saturated heterocycles. The van der Waals surface area contributed by atoms with Crippen molar-refractivity contribution in [1.29, 1.82) is 0 Å². The second kappa shape index (κ2) is 7.43. The molecule has 0 radical (unpaired) electrons. The van der Waals surface area contributed by atoms with Crippen molar-refractivity contribution in [2.24, 2.45) is 7.05 Å². The van der Waals surface area contributed by atoms with Crippen LogP contribution < -0.4 is 0 Å². The Kier molecular flexibility index (Phi) is 4.84. The van der Waals surface area contributed by atoms with Gasteiger partial charge in [0.15, 0.2) is 0 Å². The highest BCUT2D eigenvalue weighted by Gasteiger charge is 2.27. The third-order valence-electron chi connectivity index (χ3n) is 5.70. The Balaban J connectivity index is 1.37. The second-order valence-corrected chi connectivity index (χ2v) is 7.47. The lowest BCUT2D eigenvalue weighted by Crippen LogP contribution is -2.38. The van der Waals surface area contributed by atoms with Crippen LogP contribution in [0.25, 0.3) is 0 Å². The fourth-order valence-electron chi connectivity index (χ4n) is 3.88. The number of H-pyrrole nitrogens is 1. The van der Waals surface area contributed by atoms with Crippen LogP contribution in [-0.2, 0) is 13.5 Å². The van der Waals surface area contributed by atoms with E-state index in [1.165, 1.54) is 5.56 Å². The molecule has 1 aliphatic heterocycles. The number of likely N-dealkylation sites (tertiary alicyclic amines) is 1. The maximum absolute atomic E-state index is 12.8. The fraction of sp³-hybridized carbons (Fsp3) is 0.364. The lowest BCUT2D eigenvalue weighted by atomic mass is 9.93. The van der Waals surface area contributed by atoms with Gasteiger partial charge in [-0.2, -0.15) is 5.10 Å². The van der Waals surface area contributed by atoms with E-state index >= 15 is 0 Å². The van der Waals surface area contributed by atoms with Gasteiger partial charge in [0, 0.05) is 50.1 Å². The van der Waals surface area contributed by atoms with E-state index in [0.717, 1.165) is 55.0 Å². The van der Waals surface area contributed by atoms with Crippen LogP contribution in [0.1, 0.15) is 51.8 Å². The normalized spacial score (nSPS) is 15.3. The topological polar surface area (TPSA) is 53.9 Å². The molecule has 1 aliphatic rings. The molecular formula is C22H26N4O. The van der Waals surface area contributed by atoms with Crippen LogP contribution >= 0.6 is 0 Å². The molecule has 1 amide bonds. The molecule has 5 nitrogen and oxygen atoms in total. The van der Waals surface area contributed by atoms with Gasteiger partial charge in [-0.25, -0.2) is 0 Å². The summed E-state index contributed by atoms with van der Waals surface area (Å²) in [4.78, 5) is 14.8. The number of aromatic amines is 1. The maximum Gasteiger partial charge on any atom is 0.255 e. The van der Waals surface area contributed by atoms with Crippen LogP contribution in [0.2, 0.25) is 0 Å². The molecule has 2 aromatic heterocycles. The third-order valence-corrected chi connectivity index (χ3v) is 5.70. The molecule has 0 bridgehead atoms.